The van der Waals surface area contributed by atoms with Crippen molar-refractivity contribution in [3.8, 4) is 0 Å². The Morgan fingerprint density at radius 3 is 1.96 bits per heavy atom. The van der Waals surface area contributed by atoms with Crippen LogP contribution in [0.2, 0.25) is 0 Å². The summed E-state index contributed by atoms with van der Waals surface area (Å²) in [4.78, 5) is 15.3. The largest absolute Gasteiger partial charge is 0.471 e. The number of carbonyl (C=O) groups is 1. The summed E-state index contributed by atoms with van der Waals surface area (Å²) in [7, 11) is -1.00. The molecule has 0 bridgehead atoms. The molecule has 25 heavy (non-hydrogen) atoms. The number of amides is 1. The van der Waals surface area contributed by atoms with E-state index in [-0.39, 0.29) is 5.82 Å². The van der Waals surface area contributed by atoms with Crippen LogP contribution in [0.3, 0.4) is 0 Å². The average molecular weight is 380 g/mol. The Balaban J connectivity index is 1.94. The normalized spacial score (nSPS) is 11.5. The number of anilines is 1. The van der Waals surface area contributed by atoms with Gasteiger partial charge in [0.25, 0.3) is 0 Å². The first-order chi connectivity index (χ1) is 11.9. The fourth-order valence-corrected chi connectivity index (χ4v) is 5.72. The third-order valence-corrected chi connectivity index (χ3v) is 6.83. The molecule has 128 valence electrons. The van der Waals surface area contributed by atoms with Crippen LogP contribution in [0, 0.1) is 0 Å². The molecule has 1 N–H and O–H groups in total. The Kier molecular flexibility index (Phi) is 5.16. The van der Waals surface area contributed by atoms with Gasteiger partial charge in [0.1, 0.15) is 10.6 Å². The molecule has 0 radical (unpaired) electrons. The molecule has 0 aliphatic carbocycles. The van der Waals surface area contributed by atoms with Gasteiger partial charge in [-0.15, -0.1) is 11.3 Å². The van der Waals surface area contributed by atoms with E-state index in [2.05, 4.69) is 4.98 Å². The number of nitrogens with one attached hydrogen (secondary N) is 1. The van der Waals surface area contributed by atoms with Gasteiger partial charge in [-0.05, 0) is 10.6 Å². The number of hydrogen-bond donors (Lipinski definition) is 1. The van der Waals surface area contributed by atoms with Crippen molar-refractivity contribution < 1.29 is 18.0 Å². The van der Waals surface area contributed by atoms with Gasteiger partial charge in [0.05, 0.1) is 0 Å². The SMILES string of the molecule is O=C(Nc1csc(P(c2ccccc2)c2ccccc2)n1)C(F)(F)F. The van der Waals surface area contributed by atoms with Crippen molar-refractivity contribution in [2.24, 2.45) is 0 Å². The summed E-state index contributed by atoms with van der Waals surface area (Å²) in [6.07, 6.45) is -4.94. The highest BCUT2D eigenvalue weighted by molar-refractivity contribution is 7.83. The number of thiazole rings is 1. The van der Waals surface area contributed by atoms with Crippen molar-refractivity contribution in [2.75, 3.05) is 5.32 Å². The highest BCUT2D eigenvalue weighted by atomic mass is 32.1. The molecule has 3 nitrogen and oxygen atoms in total. The van der Waals surface area contributed by atoms with Gasteiger partial charge < -0.3 is 5.32 Å². The summed E-state index contributed by atoms with van der Waals surface area (Å²) in [5.74, 6) is -2.10. The number of aromatic nitrogens is 1. The summed E-state index contributed by atoms with van der Waals surface area (Å²) >= 11 is 1.24. The Bertz CT molecular complexity index is 814. The monoisotopic (exact) mass is 380 g/mol. The van der Waals surface area contributed by atoms with Crippen molar-refractivity contribution in [1.82, 2.24) is 4.98 Å². The Hall–Kier alpha value is -2.24. The fraction of sp³-hybridized carbons (Fsp3) is 0.0588. The number of alkyl halides is 3. The molecular weight excluding hydrogens is 368 g/mol. The van der Waals surface area contributed by atoms with Crippen LogP contribution in [0.1, 0.15) is 0 Å². The molecule has 2 aromatic carbocycles. The van der Waals surface area contributed by atoms with Gasteiger partial charge in [-0.3, -0.25) is 4.79 Å². The minimum absolute atomic E-state index is 0.0818. The molecule has 0 fully saturated rings. The van der Waals surface area contributed by atoms with Crippen molar-refractivity contribution in [2.45, 2.75) is 6.18 Å². The molecule has 1 heterocycles. The van der Waals surface area contributed by atoms with Crippen molar-refractivity contribution in [1.29, 1.82) is 0 Å². The molecule has 1 aromatic heterocycles. The maximum absolute atomic E-state index is 12.4. The van der Waals surface area contributed by atoms with Crippen LogP contribution in [-0.4, -0.2) is 17.1 Å². The second-order valence-corrected chi connectivity index (χ2v) is 8.26. The number of halogens is 3. The predicted molar refractivity (Wildman–Crippen MR) is 95.5 cm³/mol. The molecule has 3 rings (SSSR count). The van der Waals surface area contributed by atoms with Crippen LogP contribution >= 0.6 is 19.3 Å². The Labute approximate surface area is 147 Å². The summed E-state index contributed by atoms with van der Waals surface area (Å²) < 4.78 is 37.9. The maximum Gasteiger partial charge on any atom is 0.471 e. The van der Waals surface area contributed by atoms with E-state index in [1.165, 1.54) is 16.7 Å². The molecule has 0 atom stereocenters. The van der Waals surface area contributed by atoms with E-state index in [1.54, 1.807) is 5.32 Å². The first kappa shape index (κ1) is 17.6. The minimum atomic E-state index is -4.94. The lowest BCUT2D eigenvalue weighted by Gasteiger charge is -2.15. The topological polar surface area (TPSA) is 42.0 Å². The van der Waals surface area contributed by atoms with Gasteiger partial charge >= 0.3 is 12.1 Å². The highest BCUT2D eigenvalue weighted by Crippen LogP contribution is 2.34. The number of benzene rings is 2. The van der Waals surface area contributed by atoms with Crippen molar-refractivity contribution in [3.63, 3.8) is 0 Å². The molecular formula is C17H12F3N2OPS. The van der Waals surface area contributed by atoms with Gasteiger partial charge in [0.2, 0.25) is 0 Å². The van der Waals surface area contributed by atoms with Crippen LogP contribution in [0.15, 0.2) is 66.0 Å². The van der Waals surface area contributed by atoms with Gasteiger partial charge in [0.15, 0.2) is 0 Å². The van der Waals surface area contributed by atoms with E-state index >= 15 is 0 Å². The van der Waals surface area contributed by atoms with Crippen LogP contribution in [-0.2, 0) is 4.79 Å². The lowest BCUT2D eigenvalue weighted by Crippen LogP contribution is -2.30. The molecule has 0 aliphatic heterocycles. The molecule has 3 aromatic rings. The third kappa shape index (κ3) is 4.24. The summed E-state index contributed by atoms with van der Waals surface area (Å²) in [5, 5.41) is 5.30. The molecule has 1 amide bonds. The van der Waals surface area contributed by atoms with Gasteiger partial charge in [-0.1, -0.05) is 60.7 Å². The maximum atomic E-state index is 12.4. The number of rotatable bonds is 4. The van der Waals surface area contributed by atoms with E-state index in [1.807, 2.05) is 60.7 Å². The van der Waals surface area contributed by atoms with E-state index in [9.17, 15) is 18.0 Å². The van der Waals surface area contributed by atoms with Gasteiger partial charge in [-0.2, -0.15) is 13.2 Å². The van der Waals surface area contributed by atoms with Crippen molar-refractivity contribution in [3.05, 3.63) is 66.0 Å². The Morgan fingerprint density at radius 1 is 0.960 bits per heavy atom. The second-order valence-electron chi connectivity index (χ2n) is 4.97. The van der Waals surface area contributed by atoms with Crippen molar-refractivity contribution >= 4 is 46.3 Å². The third-order valence-electron chi connectivity index (χ3n) is 3.21. The number of carbonyl (C=O) groups excluding carboxylic acids is 1. The quantitative estimate of drug-likeness (QED) is 0.705. The standard InChI is InChI=1S/C17H12F3N2OPS/c18-17(19,20)15(23)21-14-11-25-16(22-14)24(12-7-3-1-4-8-12)13-9-5-2-6-10-13/h1-11H,(H,21,23). The lowest BCUT2D eigenvalue weighted by atomic mass is 10.4. The molecule has 0 saturated carbocycles. The first-order valence-electron chi connectivity index (χ1n) is 7.19. The van der Waals surface area contributed by atoms with Gasteiger partial charge in [0, 0.05) is 13.3 Å². The fourth-order valence-electron chi connectivity index (χ4n) is 2.14. The van der Waals surface area contributed by atoms with Crippen LogP contribution in [0.4, 0.5) is 19.0 Å². The first-order valence-corrected chi connectivity index (χ1v) is 9.41. The second kappa shape index (κ2) is 7.33. The van der Waals surface area contributed by atoms with E-state index < -0.39 is 20.0 Å². The smallest absolute Gasteiger partial charge is 0.302 e. The minimum Gasteiger partial charge on any atom is -0.302 e. The molecule has 0 spiro atoms. The zero-order chi connectivity index (χ0) is 17.9. The summed E-state index contributed by atoms with van der Waals surface area (Å²) in [6.45, 7) is 0. The highest BCUT2D eigenvalue weighted by Gasteiger charge is 2.39. The van der Waals surface area contributed by atoms with E-state index in [4.69, 9.17) is 0 Å². The van der Waals surface area contributed by atoms with E-state index in [0.29, 0.717) is 4.75 Å². The van der Waals surface area contributed by atoms with Crippen LogP contribution in [0.5, 0.6) is 0 Å². The zero-order valence-corrected chi connectivity index (χ0v) is 14.4. The molecule has 0 saturated heterocycles. The predicted octanol–water partition coefficient (Wildman–Crippen LogP) is 3.40. The molecule has 8 heteroatoms. The zero-order valence-electron chi connectivity index (χ0n) is 12.7. The Morgan fingerprint density at radius 2 is 1.48 bits per heavy atom. The summed E-state index contributed by atoms with van der Waals surface area (Å²) in [6, 6.07) is 19.3. The molecule has 0 aliphatic rings. The number of hydrogen-bond acceptors (Lipinski definition) is 3. The van der Waals surface area contributed by atoms with Crippen LogP contribution in [0.25, 0.3) is 0 Å². The van der Waals surface area contributed by atoms with Crippen LogP contribution < -0.4 is 20.7 Å². The van der Waals surface area contributed by atoms with E-state index in [0.717, 1.165) is 10.6 Å². The lowest BCUT2D eigenvalue weighted by molar-refractivity contribution is -0.167. The summed E-state index contributed by atoms with van der Waals surface area (Å²) in [5.41, 5.74) is 0. The molecule has 0 unspecified atom stereocenters. The average Bonchev–Trinajstić information content (AvgIpc) is 3.04. The number of nitrogens with zero attached hydrogens (tertiary/aromatic N) is 1. The van der Waals surface area contributed by atoms with Gasteiger partial charge in [-0.25, -0.2) is 4.98 Å².